The van der Waals surface area contributed by atoms with Crippen molar-refractivity contribution < 1.29 is 14.3 Å². The monoisotopic (exact) mass is 279 g/mol. The summed E-state index contributed by atoms with van der Waals surface area (Å²) in [5.41, 5.74) is 0.698. The SMILES string of the molecule is CC(=O)c1ccc(SCC(=O)N2CCOCC2)cc1. The molecule has 1 aliphatic heterocycles. The highest BCUT2D eigenvalue weighted by atomic mass is 32.2. The van der Waals surface area contributed by atoms with Gasteiger partial charge in [0.1, 0.15) is 0 Å². The highest BCUT2D eigenvalue weighted by Gasteiger charge is 2.16. The molecule has 1 aliphatic rings. The first-order valence-electron chi connectivity index (χ1n) is 6.26. The molecule has 19 heavy (non-hydrogen) atoms. The zero-order chi connectivity index (χ0) is 13.7. The number of rotatable bonds is 4. The van der Waals surface area contributed by atoms with E-state index < -0.39 is 0 Å². The molecule has 0 aromatic heterocycles. The molecule has 0 saturated carbocycles. The summed E-state index contributed by atoms with van der Waals surface area (Å²) in [6, 6.07) is 7.36. The van der Waals surface area contributed by atoms with E-state index in [1.165, 1.54) is 11.8 Å². The summed E-state index contributed by atoms with van der Waals surface area (Å²) in [5, 5.41) is 0. The van der Waals surface area contributed by atoms with E-state index in [0.717, 1.165) is 4.90 Å². The molecule has 1 heterocycles. The molecule has 1 aromatic carbocycles. The molecule has 1 aromatic rings. The number of hydrogen-bond acceptors (Lipinski definition) is 4. The first-order chi connectivity index (χ1) is 9.16. The van der Waals surface area contributed by atoms with E-state index in [-0.39, 0.29) is 11.7 Å². The van der Waals surface area contributed by atoms with Crippen molar-refractivity contribution in [1.82, 2.24) is 4.90 Å². The summed E-state index contributed by atoms with van der Waals surface area (Å²) in [7, 11) is 0. The van der Waals surface area contributed by atoms with Gasteiger partial charge in [-0.2, -0.15) is 0 Å². The highest BCUT2D eigenvalue weighted by molar-refractivity contribution is 8.00. The van der Waals surface area contributed by atoms with Crippen LogP contribution in [0.5, 0.6) is 0 Å². The average molecular weight is 279 g/mol. The van der Waals surface area contributed by atoms with Crippen molar-refractivity contribution in [3.8, 4) is 0 Å². The van der Waals surface area contributed by atoms with Crippen LogP contribution in [0, 0.1) is 0 Å². The molecule has 0 radical (unpaired) electrons. The molecule has 1 amide bonds. The Hall–Kier alpha value is -1.33. The Bertz CT molecular complexity index is 452. The first-order valence-corrected chi connectivity index (χ1v) is 7.24. The van der Waals surface area contributed by atoms with Crippen molar-refractivity contribution >= 4 is 23.5 Å². The third-order valence-corrected chi connectivity index (χ3v) is 3.98. The van der Waals surface area contributed by atoms with Crippen LogP contribution in [-0.4, -0.2) is 48.6 Å². The van der Waals surface area contributed by atoms with Crippen LogP contribution in [0.3, 0.4) is 0 Å². The largest absolute Gasteiger partial charge is 0.378 e. The average Bonchev–Trinajstić information content (AvgIpc) is 2.46. The van der Waals surface area contributed by atoms with Gasteiger partial charge in [-0.05, 0) is 19.1 Å². The number of morpholine rings is 1. The topological polar surface area (TPSA) is 46.6 Å². The summed E-state index contributed by atoms with van der Waals surface area (Å²) in [6.45, 7) is 4.17. The minimum atomic E-state index is 0.0564. The molecule has 102 valence electrons. The van der Waals surface area contributed by atoms with Crippen LogP contribution in [0.1, 0.15) is 17.3 Å². The van der Waals surface area contributed by atoms with Crippen molar-refractivity contribution in [1.29, 1.82) is 0 Å². The number of carbonyl (C=O) groups is 2. The summed E-state index contributed by atoms with van der Waals surface area (Å²) < 4.78 is 5.22. The Balaban J connectivity index is 1.84. The second-order valence-corrected chi connectivity index (χ2v) is 5.41. The Kier molecular flexibility index (Phi) is 4.99. The molecule has 0 bridgehead atoms. The molecule has 5 heteroatoms. The number of ketones is 1. The maximum atomic E-state index is 11.9. The minimum absolute atomic E-state index is 0.0564. The molecule has 4 nitrogen and oxygen atoms in total. The van der Waals surface area contributed by atoms with E-state index >= 15 is 0 Å². The van der Waals surface area contributed by atoms with E-state index in [1.54, 1.807) is 19.1 Å². The number of carbonyl (C=O) groups excluding carboxylic acids is 2. The first kappa shape index (κ1) is 14.1. The van der Waals surface area contributed by atoms with Gasteiger partial charge in [0.15, 0.2) is 5.78 Å². The van der Waals surface area contributed by atoms with E-state index in [2.05, 4.69) is 0 Å². The second kappa shape index (κ2) is 6.73. The van der Waals surface area contributed by atoms with E-state index in [1.807, 2.05) is 17.0 Å². The molecule has 0 aliphatic carbocycles. The van der Waals surface area contributed by atoms with Gasteiger partial charge in [0.2, 0.25) is 5.91 Å². The Morgan fingerprint density at radius 1 is 1.21 bits per heavy atom. The van der Waals surface area contributed by atoms with Gasteiger partial charge in [0, 0.05) is 23.5 Å². The molecule has 0 spiro atoms. The van der Waals surface area contributed by atoms with Gasteiger partial charge < -0.3 is 9.64 Å². The fourth-order valence-electron chi connectivity index (χ4n) is 1.83. The van der Waals surface area contributed by atoms with Crippen molar-refractivity contribution in [3.63, 3.8) is 0 Å². The van der Waals surface area contributed by atoms with E-state index in [4.69, 9.17) is 4.74 Å². The van der Waals surface area contributed by atoms with E-state index in [9.17, 15) is 9.59 Å². The van der Waals surface area contributed by atoms with Gasteiger partial charge in [-0.1, -0.05) is 12.1 Å². The lowest BCUT2D eigenvalue weighted by Gasteiger charge is -2.26. The second-order valence-electron chi connectivity index (χ2n) is 4.36. The quantitative estimate of drug-likeness (QED) is 0.623. The van der Waals surface area contributed by atoms with Gasteiger partial charge in [-0.3, -0.25) is 9.59 Å². The molecule has 2 rings (SSSR count). The van der Waals surface area contributed by atoms with Crippen LogP contribution in [0.2, 0.25) is 0 Å². The van der Waals surface area contributed by atoms with E-state index in [0.29, 0.717) is 37.6 Å². The maximum Gasteiger partial charge on any atom is 0.233 e. The number of nitrogens with zero attached hydrogens (tertiary/aromatic N) is 1. The van der Waals surface area contributed by atoms with Crippen LogP contribution >= 0.6 is 11.8 Å². The predicted molar refractivity (Wildman–Crippen MR) is 74.6 cm³/mol. The van der Waals surface area contributed by atoms with Crippen LogP contribution in [0.15, 0.2) is 29.2 Å². The predicted octanol–water partition coefficient (Wildman–Crippen LogP) is 1.84. The lowest BCUT2D eigenvalue weighted by atomic mass is 10.2. The number of thioether (sulfide) groups is 1. The third kappa shape index (κ3) is 4.08. The molecular formula is C14H17NO3S. The Morgan fingerprint density at radius 2 is 1.84 bits per heavy atom. The van der Waals surface area contributed by atoms with Gasteiger partial charge in [0.25, 0.3) is 0 Å². The Labute approximate surface area is 117 Å². The summed E-state index contributed by atoms with van der Waals surface area (Å²) >= 11 is 1.50. The molecule has 1 fully saturated rings. The van der Waals surface area contributed by atoms with Gasteiger partial charge >= 0.3 is 0 Å². The van der Waals surface area contributed by atoms with Crippen molar-refractivity contribution in [2.45, 2.75) is 11.8 Å². The third-order valence-electron chi connectivity index (χ3n) is 2.99. The Morgan fingerprint density at radius 3 is 2.42 bits per heavy atom. The van der Waals surface area contributed by atoms with Crippen LogP contribution in [0.25, 0.3) is 0 Å². The summed E-state index contributed by atoms with van der Waals surface area (Å²) in [5.74, 6) is 0.629. The maximum absolute atomic E-state index is 11.9. The standard InChI is InChI=1S/C14H17NO3S/c1-11(16)12-2-4-13(5-3-12)19-10-14(17)15-6-8-18-9-7-15/h2-5H,6-10H2,1H3. The highest BCUT2D eigenvalue weighted by Crippen LogP contribution is 2.19. The van der Waals surface area contributed by atoms with Crippen LogP contribution in [-0.2, 0) is 9.53 Å². The zero-order valence-electron chi connectivity index (χ0n) is 10.9. The molecule has 0 unspecified atom stereocenters. The van der Waals surface area contributed by atoms with Crippen molar-refractivity contribution in [2.75, 3.05) is 32.1 Å². The smallest absolute Gasteiger partial charge is 0.233 e. The summed E-state index contributed by atoms with van der Waals surface area (Å²) in [6.07, 6.45) is 0. The number of amides is 1. The van der Waals surface area contributed by atoms with Crippen molar-refractivity contribution in [3.05, 3.63) is 29.8 Å². The number of benzene rings is 1. The number of Topliss-reactive ketones (excluding diaryl/α,β-unsaturated/α-hetero) is 1. The number of ether oxygens (including phenoxy) is 1. The fraction of sp³-hybridized carbons (Fsp3) is 0.429. The molecule has 0 N–H and O–H groups in total. The molecular weight excluding hydrogens is 262 g/mol. The van der Waals surface area contributed by atoms with Gasteiger partial charge in [-0.25, -0.2) is 0 Å². The van der Waals surface area contributed by atoms with Crippen molar-refractivity contribution in [2.24, 2.45) is 0 Å². The van der Waals surface area contributed by atoms with Crippen LogP contribution in [0.4, 0.5) is 0 Å². The normalized spacial score (nSPS) is 15.3. The van der Waals surface area contributed by atoms with Crippen LogP contribution < -0.4 is 0 Å². The zero-order valence-corrected chi connectivity index (χ0v) is 11.7. The number of hydrogen-bond donors (Lipinski definition) is 0. The fourth-order valence-corrected chi connectivity index (χ4v) is 2.64. The minimum Gasteiger partial charge on any atom is -0.378 e. The van der Waals surface area contributed by atoms with Gasteiger partial charge in [0.05, 0.1) is 19.0 Å². The summed E-state index contributed by atoms with van der Waals surface area (Å²) in [4.78, 5) is 25.9. The molecule has 1 saturated heterocycles. The lowest BCUT2D eigenvalue weighted by Crippen LogP contribution is -2.41. The van der Waals surface area contributed by atoms with Gasteiger partial charge in [-0.15, -0.1) is 11.8 Å². The lowest BCUT2D eigenvalue weighted by molar-refractivity contribution is -0.132. The molecule has 0 atom stereocenters.